The molecular formula is C24H22Cl2N4O3. The highest BCUT2D eigenvalue weighted by molar-refractivity contribution is 6.44. The molecule has 170 valence electrons. The molecule has 2 N–H and O–H groups in total. The standard InChI is InChI=1S/C24H22Cl2N4O3/c1-14-9-10-15(2)30(14)28-24(33)16-5-3-6-18(11-16)27-23(32)17-12-21(31)29(13-17)20-8-4-7-19(25)22(20)26/h3-11,17H,12-13H2,1-2H3,(H,27,32)(H,28,33)/t17-/m0/s1. The van der Waals surface area contributed by atoms with Gasteiger partial charge in [0.05, 0.1) is 21.7 Å². The first-order chi connectivity index (χ1) is 15.7. The van der Waals surface area contributed by atoms with Crippen LogP contribution in [0.3, 0.4) is 0 Å². The van der Waals surface area contributed by atoms with Gasteiger partial charge in [-0.1, -0.05) is 35.3 Å². The van der Waals surface area contributed by atoms with Gasteiger partial charge in [-0.3, -0.25) is 24.5 Å². The number of halogens is 2. The number of nitrogens with one attached hydrogen (secondary N) is 2. The van der Waals surface area contributed by atoms with Crippen molar-refractivity contribution >= 4 is 52.3 Å². The van der Waals surface area contributed by atoms with Crippen molar-refractivity contribution in [2.45, 2.75) is 20.3 Å². The van der Waals surface area contributed by atoms with Crippen LogP contribution in [0.2, 0.25) is 10.0 Å². The van der Waals surface area contributed by atoms with E-state index in [0.717, 1.165) is 11.4 Å². The van der Waals surface area contributed by atoms with Crippen molar-refractivity contribution < 1.29 is 14.4 Å². The first-order valence-electron chi connectivity index (χ1n) is 10.4. The summed E-state index contributed by atoms with van der Waals surface area (Å²) in [7, 11) is 0. The van der Waals surface area contributed by atoms with Gasteiger partial charge in [-0.25, -0.2) is 0 Å². The zero-order valence-corrected chi connectivity index (χ0v) is 19.6. The zero-order chi connectivity index (χ0) is 23.7. The number of anilines is 2. The molecule has 2 heterocycles. The molecule has 1 saturated heterocycles. The van der Waals surface area contributed by atoms with Crippen molar-refractivity contribution in [2.24, 2.45) is 5.92 Å². The molecule has 1 aliphatic rings. The molecule has 1 fully saturated rings. The Morgan fingerprint density at radius 3 is 2.42 bits per heavy atom. The Morgan fingerprint density at radius 1 is 1.00 bits per heavy atom. The van der Waals surface area contributed by atoms with E-state index in [2.05, 4.69) is 10.7 Å². The van der Waals surface area contributed by atoms with Gasteiger partial charge in [-0.15, -0.1) is 0 Å². The molecule has 4 rings (SSSR count). The van der Waals surface area contributed by atoms with Crippen molar-refractivity contribution in [3.05, 3.63) is 81.6 Å². The Bertz CT molecular complexity index is 1230. The van der Waals surface area contributed by atoms with Gasteiger partial charge in [-0.2, -0.15) is 0 Å². The van der Waals surface area contributed by atoms with E-state index in [1.807, 2.05) is 26.0 Å². The number of benzene rings is 2. The van der Waals surface area contributed by atoms with Crippen molar-refractivity contribution in [3.8, 4) is 0 Å². The summed E-state index contributed by atoms with van der Waals surface area (Å²) >= 11 is 12.3. The fraction of sp³-hybridized carbons (Fsp3) is 0.208. The number of amides is 3. The molecule has 9 heteroatoms. The molecule has 0 unspecified atom stereocenters. The minimum atomic E-state index is -0.560. The highest BCUT2D eigenvalue weighted by Crippen LogP contribution is 2.36. The summed E-state index contributed by atoms with van der Waals surface area (Å²) in [6.07, 6.45) is 0.0566. The lowest BCUT2D eigenvalue weighted by Crippen LogP contribution is -2.28. The molecule has 0 bridgehead atoms. The molecule has 0 spiro atoms. The van der Waals surface area contributed by atoms with Gasteiger partial charge in [0, 0.05) is 35.6 Å². The Hall–Kier alpha value is -3.29. The quantitative estimate of drug-likeness (QED) is 0.546. The molecule has 3 aromatic rings. The van der Waals surface area contributed by atoms with Gasteiger partial charge in [0.2, 0.25) is 11.8 Å². The second kappa shape index (κ2) is 9.29. The number of aryl methyl sites for hydroxylation is 2. The van der Waals surface area contributed by atoms with Crippen LogP contribution in [-0.4, -0.2) is 28.9 Å². The number of aromatic nitrogens is 1. The van der Waals surface area contributed by atoms with Crippen LogP contribution in [0.15, 0.2) is 54.6 Å². The lowest BCUT2D eigenvalue weighted by Gasteiger charge is -2.18. The van der Waals surface area contributed by atoms with Gasteiger partial charge < -0.3 is 10.2 Å². The first kappa shape index (κ1) is 22.9. The summed E-state index contributed by atoms with van der Waals surface area (Å²) in [5, 5.41) is 3.44. The van der Waals surface area contributed by atoms with Gasteiger partial charge in [0.25, 0.3) is 5.91 Å². The average molecular weight is 485 g/mol. The number of carbonyl (C=O) groups excluding carboxylic acids is 3. The van der Waals surface area contributed by atoms with Crippen molar-refractivity contribution in [1.82, 2.24) is 4.68 Å². The van der Waals surface area contributed by atoms with E-state index < -0.39 is 5.92 Å². The average Bonchev–Trinajstić information content (AvgIpc) is 3.33. The van der Waals surface area contributed by atoms with Crippen LogP contribution in [0.1, 0.15) is 28.2 Å². The van der Waals surface area contributed by atoms with Gasteiger partial charge in [0.15, 0.2) is 0 Å². The van der Waals surface area contributed by atoms with Gasteiger partial charge >= 0.3 is 0 Å². The van der Waals surface area contributed by atoms with Gasteiger partial charge in [-0.05, 0) is 56.3 Å². The van der Waals surface area contributed by atoms with E-state index in [9.17, 15) is 14.4 Å². The third kappa shape index (κ3) is 4.74. The molecule has 0 radical (unpaired) electrons. The summed E-state index contributed by atoms with van der Waals surface area (Å²) in [6.45, 7) is 3.98. The predicted octanol–water partition coefficient (Wildman–Crippen LogP) is 4.79. The maximum atomic E-state index is 12.9. The molecule has 0 aliphatic carbocycles. The van der Waals surface area contributed by atoms with Crippen LogP contribution in [-0.2, 0) is 9.59 Å². The van der Waals surface area contributed by atoms with Crippen LogP contribution in [0.25, 0.3) is 0 Å². The minimum absolute atomic E-state index is 0.0566. The monoisotopic (exact) mass is 484 g/mol. The summed E-state index contributed by atoms with van der Waals surface area (Å²) in [5.74, 6) is -1.37. The van der Waals surface area contributed by atoms with E-state index in [-0.39, 0.29) is 35.7 Å². The normalized spacial score (nSPS) is 15.6. The predicted molar refractivity (Wildman–Crippen MR) is 130 cm³/mol. The molecule has 2 aromatic carbocycles. The molecule has 1 aliphatic heterocycles. The highest BCUT2D eigenvalue weighted by Gasteiger charge is 2.36. The molecule has 7 nitrogen and oxygen atoms in total. The van der Waals surface area contributed by atoms with Crippen LogP contribution in [0, 0.1) is 19.8 Å². The van der Waals surface area contributed by atoms with Crippen LogP contribution in [0.4, 0.5) is 11.4 Å². The summed E-state index contributed by atoms with van der Waals surface area (Å²) in [4.78, 5) is 39.6. The fourth-order valence-corrected chi connectivity index (χ4v) is 4.21. The van der Waals surface area contributed by atoms with Crippen LogP contribution in [0.5, 0.6) is 0 Å². The summed E-state index contributed by atoms with van der Waals surface area (Å²) in [6, 6.07) is 15.5. The lowest BCUT2D eigenvalue weighted by atomic mass is 10.1. The van der Waals surface area contributed by atoms with E-state index in [1.165, 1.54) is 4.90 Å². The zero-order valence-electron chi connectivity index (χ0n) is 18.1. The smallest absolute Gasteiger partial charge is 0.270 e. The van der Waals surface area contributed by atoms with E-state index in [4.69, 9.17) is 23.2 Å². The van der Waals surface area contributed by atoms with E-state index in [1.54, 1.807) is 47.1 Å². The SMILES string of the molecule is Cc1ccc(C)n1NC(=O)c1cccc(NC(=O)[C@H]2CC(=O)N(c3cccc(Cl)c3Cl)C2)c1. The number of rotatable bonds is 5. The molecule has 1 aromatic heterocycles. The highest BCUT2D eigenvalue weighted by atomic mass is 35.5. The van der Waals surface area contributed by atoms with Crippen molar-refractivity contribution in [2.75, 3.05) is 22.2 Å². The van der Waals surface area contributed by atoms with Gasteiger partial charge in [0.1, 0.15) is 0 Å². The Labute approximate surface area is 201 Å². The minimum Gasteiger partial charge on any atom is -0.326 e. The lowest BCUT2D eigenvalue weighted by molar-refractivity contribution is -0.122. The number of nitrogens with zero attached hydrogens (tertiary/aromatic N) is 2. The number of hydrogen-bond acceptors (Lipinski definition) is 3. The van der Waals surface area contributed by atoms with E-state index in [0.29, 0.717) is 22.0 Å². The second-order valence-corrected chi connectivity index (χ2v) is 8.73. The van der Waals surface area contributed by atoms with E-state index >= 15 is 0 Å². The molecule has 0 saturated carbocycles. The maximum absolute atomic E-state index is 12.9. The number of carbonyl (C=O) groups is 3. The third-order valence-corrected chi connectivity index (χ3v) is 6.40. The van der Waals surface area contributed by atoms with Crippen molar-refractivity contribution in [3.63, 3.8) is 0 Å². The molecular weight excluding hydrogens is 463 g/mol. The largest absolute Gasteiger partial charge is 0.326 e. The molecule has 3 amide bonds. The van der Waals surface area contributed by atoms with Crippen molar-refractivity contribution in [1.29, 1.82) is 0 Å². The first-order valence-corrected chi connectivity index (χ1v) is 11.1. The third-order valence-electron chi connectivity index (χ3n) is 5.59. The topological polar surface area (TPSA) is 83.4 Å². The number of hydrogen-bond donors (Lipinski definition) is 2. The Kier molecular flexibility index (Phi) is 6.44. The molecule has 33 heavy (non-hydrogen) atoms. The summed E-state index contributed by atoms with van der Waals surface area (Å²) in [5.41, 5.74) is 6.00. The Balaban J connectivity index is 1.44. The summed E-state index contributed by atoms with van der Waals surface area (Å²) < 4.78 is 1.70. The van der Waals surface area contributed by atoms with Crippen LogP contribution < -0.4 is 15.6 Å². The Morgan fingerprint density at radius 2 is 1.70 bits per heavy atom. The van der Waals surface area contributed by atoms with Crippen LogP contribution >= 0.6 is 23.2 Å². The molecule has 1 atom stereocenters. The maximum Gasteiger partial charge on any atom is 0.270 e. The second-order valence-electron chi connectivity index (χ2n) is 7.94. The fourth-order valence-electron chi connectivity index (χ4n) is 3.81.